The Balaban J connectivity index is 1.39. The van der Waals surface area contributed by atoms with Crippen molar-refractivity contribution in [2.45, 2.75) is 51.0 Å². The zero-order chi connectivity index (χ0) is 21.6. The summed E-state index contributed by atoms with van der Waals surface area (Å²) < 4.78 is 6.44. The van der Waals surface area contributed by atoms with Crippen LogP contribution in [0.1, 0.15) is 52.7 Å². The van der Waals surface area contributed by atoms with E-state index >= 15 is 0 Å². The number of carbonyl (C=O) groups is 1. The van der Waals surface area contributed by atoms with Gasteiger partial charge in [-0.2, -0.15) is 0 Å². The number of hydrogen-bond donors (Lipinski definition) is 0. The predicted octanol–water partition coefficient (Wildman–Crippen LogP) is 7.04. The first kappa shape index (κ1) is 20.5. The second-order valence-electron chi connectivity index (χ2n) is 8.67. The first-order valence-electron chi connectivity index (χ1n) is 10.7. The Morgan fingerprint density at radius 1 is 1.06 bits per heavy atom. The quantitative estimate of drug-likeness (QED) is 0.399. The lowest BCUT2D eigenvalue weighted by Gasteiger charge is -2.45. The molecule has 2 heterocycles. The Labute approximate surface area is 192 Å². The molecule has 3 aromatic rings. The van der Waals surface area contributed by atoms with Crippen molar-refractivity contribution >= 4 is 29.0 Å². The normalized spacial score (nSPS) is 16.4. The van der Waals surface area contributed by atoms with E-state index in [-0.39, 0.29) is 17.8 Å². The van der Waals surface area contributed by atoms with Crippen LogP contribution < -0.4 is 4.74 Å². The maximum absolute atomic E-state index is 12.8. The van der Waals surface area contributed by atoms with E-state index in [1.807, 2.05) is 24.3 Å². The number of ether oxygens (including phenoxy) is 1. The van der Waals surface area contributed by atoms with E-state index in [9.17, 15) is 4.79 Å². The molecule has 2 aromatic carbocycles. The second-order valence-corrected chi connectivity index (χ2v) is 9.49. The third-order valence-corrected chi connectivity index (χ3v) is 7.31. The fraction of sp³-hybridized carbons (Fsp3) is 0.308. The third kappa shape index (κ3) is 3.86. The molecule has 0 amide bonds. The van der Waals surface area contributed by atoms with Gasteiger partial charge in [-0.1, -0.05) is 53.5 Å². The van der Waals surface area contributed by atoms with Crippen LogP contribution in [0.25, 0.3) is 11.1 Å². The maximum atomic E-state index is 12.8. The van der Waals surface area contributed by atoms with Crippen molar-refractivity contribution in [3.63, 3.8) is 0 Å². The average Bonchev–Trinajstić information content (AvgIpc) is 2.74. The van der Waals surface area contributed by atoms with E-state index in [0.29, 0.717) is 21.2 Å². The molecular weight excluding hydrogens is 429 g/mol. The van der Waals surface area contributed by atoms with Crippen molar-refractivity contribution in [1.29, 1.82) is 0 Å². The van der Waals surface area contributed by atoms with Gasteiger partial charge in [-0.15, -0.1) is 0 Å². The summed E-state index contributed by atoms with van der Waals surface area (Å²) in [4.78, 5) is 16.7. The minimum Gasteiger partial charge on any atom is -0.487 e. The molecule has 5 rings (SSSR count). The van der Waals surface area contributed by atoms with Crippen molar-refractivity contribution in [3.05, 3.63) is 81.1 Å². The number of fused-ring (bicyclic) bond motifs is 1. The van der Waals surface area contributed by atoms with E-state index in [0.717, 1.165) is 42.6 Å². The van der Waals surface area contributed by atoms with Gasteiger partial charge >= 0.3 is 0 Å². The molecule has 0 saturated heterocycles. The molecule has 1 saturated carbocycles. The number of carbonyl (C=O) groups excluding carboxylic acids is 1. The summed E-state index contributed by atoms with van der Waals surface area (Å²) in [7, 11) is 0. The largest absolute Gasteiger partial charge is 0.487 e. The highest BCUT2D eigenvalue weighted by atomic mass is 35.5. The summed E-state index contributed by atoms with van der Waals surface area (Å²) >= 11 is 12.3. The molecule has 31 heavy (non-hydrogen) atoms. The summed E-state index contributed by atoms with van der Waals surface area (Å²) in [5.74, 6) is 0.993. The maximum Gasteiger partial charge on any atom is 0.167 e. The number of halogens is 2. The predicted molar refractivity (Wildman–Crippen MR) is 124 cm³/mol. The lowest BCUT2D eigenvalue weighted by Crippen LogP contribution is -2.45. The molecule has 1 fully saturated rings. The van der Waals surface area contributed by atoms with Gasteiger partial charge in [-0.3, -0.25) is 9.78 Å². The Bertz CT molecular complexity index is 1150. The fourth-order valence-corrected chi connectivity index (χ4v) is 5.12. The molecule has 2 aliphatic rings. The van der Waals surface area contributed by atoms with E-state index < -0.39 is 0 Å². The number of Topliss-reactive ketones (excluding diaryl/α,β-unsaturated/α-hetero) is 1. The lowest BCUT2D eigenvalue weighted by atomic mass is 9.74. The van der Waals surface area contributed by atoms with Gasteiger partial charge in [0, 0.05) is 29.9 Å². The summed E-state index contributed by atoms with van der Waals surface area (Å²) in [5.41, 5.74) is 6.07. The summed E-state index contributed by atoms with van der Waals surface area (Å²) in [5, 5.41) is 0.817. The van der Waals surface area contributed by atoms with Gasteiger partial charge in [0.15, 0.2) is 5.78 Å². The summed E-state index contributed by atoms with van der Waals surface area (Å²) in [6.45, 7) is 2.13. The molecule has 0 bridgehead atoms. The van der Waals surface area contributed by atoms with Crippen LogP contribution in [0.2, 0.25) is 10.0 Å². The number of aryl methyl sites for hydroxylation is 2. The van der Waals surface area contributed by atoms with Crippen LogP contribution in [0, 0.1) is 6.92 Å². The van der Waals surface area contributed by atoms with E-state index in [4.69, 9.17) is 27.9 Å². The third-order valence-electron chi connectivity index (χ3n) is 6.66. The van der Waals surface area contributed by atoms with E-state index in [1.54, 1.807) is 0 Å². The minimum absolute atomic E-state index is 0.0287. The number of pyridine rings is 1. The highest BCUT2D eigenvalue weighted by molar-refractivity contribution is 6.36. The number of rotatable bonds is 4. The Hall–Kier alpha value is -2.36. The van der Waals surface area contributed by atoms with Gasteiger partial charge in [-0.25, -0.2) is 0 Å². The van der Waals surface area contributed by atoms with Crippen molar-refractivity contribution in [2.24, 2.45) is 0 Å². The highest BCUT2D eigenvalue weighted by Crippen LogP contribution is 2.46. The number of ketones is 1. The van der Waals surface area contributed by atoms with Crippen LogP contribution in [-0.2, 0) is 12.8 Å². The lowest BCUT2D eigenvalue weighted by molar-refractivity contribution is -0.0249. The zero-order valence-corrected chi connectivity index (χ0v) is 18.9. The van der Waals surface area contributed by atoms with Gasteiger partial charge in [0.25, 0.3) is 0 Å². The van der Waals surface area contributed by atoms with Gasteiger partial charge < -0.3 is 4.74 Å². The zero-order valence-electron chi connectivity index (χ0n) is 17.4. The molecule has 3 nitrogen and oxygen atoms in total. The summed E-state index contributed by atoms with van der Waals surface area (Å²) in [6.07, 6.45) is 8.97. The summed E-state index contributed by atoms with van der Waals surface area (Å²) in [6, 6.07) is 12.2. The first-order chi connectivity index (χ1) is 14.9. The standard InChI is InChI=1S/C26H23Cl2NO2/c1-16-11-19-7-10-26(8-2-9-26)31-25(19)13-20(16)17-3-5-18(6-4-17)24(30)12-21-22(27)14-29-15-23(21)28/h3-6,11,13-15H,2,7-10,12H2,1H3. The first-order valence-corrected chi connectivity index (χ1v) is 11.4. The van der Waals surface area contributed by atoms with Crippen molar-refractivity contribution in [3.8, 4) is 16.9 Å². The molecule has 1 aliphatic heterocycles. The molecule has 1 aromatic heterocycles. The second kappa shape index (κ2) is 7.96. The smallest absolute Gasteiger partial charge is 0.167 e. The molecule has 1 spiro atoms. The van der Waals surface area contributed by atoms with Crippen molar-refractivity contribution in [1.82, 2.24) is 4.98 Å². The van der Waals surface area contributed by atoms with Gasteiger partial charge in [0.2, 0.25) is 0 Å². The van der Waals surface area contributed by atoms with Crippen LogP contribution in [0.3, 0.4) is 0 Å². The molecule has 0 unspecified atom stereocenters. The van der Waals surface area contributed by atoms with Crippen LogP contribution >= 0.6 is 23.2 Å². The Kier molecular flexibility index (Phi) is 5.27. The van der Waals surface area contributed by atoms with Crippen LogP contribution in [-0.4, -0.2) is 16.4 Å². The molecule has 158 valence electrons. The molecule has 0 N–H and O–H groups in total. The molecule has 5 heteroatoms. The van der Waals surface area contributed by atoms with Crippen molar-refractivity contribution in [2.75, 3.05) is 0 Å². The van der Waals surface area contributed by atoms with Crippen LogP contribution in [0.5, 0.6) is 5.75 Å². The monoisotopic (exact) mass is 451 g/mol. The van der Waals surface area contributed by atoms with Gasteiger partial charge in [0.1, 0.15) is 11.4 Å². The number of nitrogens with zero attached hydrogens (tertiary/aromatic N) is 1. The Morgan fingerprint density at radius 2 is 1.77 bits per heavy atom. The highest BCUT2D eigenvalue weighted by Gasteiger charge is 2.41. The van der Waals surface area contributed by atoms with E-state index in [1.165, 1.54) is 29.9 Å². The van der Waals surface area contributed by atoms with Gasteiger partial charge in [-0.05, 0) is 67.3 Å². The fourth-order valence-electron chi connectivity index (χ4n) is 4.62. The molecule has 1 aliphatic carbocycles. The topological polar surface area (TPSA) is 39.2 Å². The molecular formula is C26H23Cl2NO2. The minimum atomic E-state index is -0.0287. The Morgan fingerprint density at radius 3 is 2.42 bits per heavy atom. The SMILES string of the molecule is Cc1cc2c(cc1-c1ccc(C(=O)Cc3c(Cl)cncc3Cl)cc1)OC1(CCC1)CC2. The van der Waals surface area contributed by atoms with E-state index in [2.05, 4.69) is 24.0 Å². The van der Waals surface area contributed by atoms with Gasteiger partial charge in [0.05, 0.1) is 10.0 Å². The van der Waals surface area contributed by atoms with Crippen LogP contribution in [0.15, 0.2) is 48.8 Å². The average molecular weight is 452 g/mol. The van der Waals surface area contributed by atoms with Crippen LogP contribution in [0.4, 0.5) is 0 Å². The van der Waals surface area contributed by atoms with Crippen molar-refractivity contribution < 1.29 is 9.53 Å². The molecule has 0 atom stereocenters. The molecule has 0 radical (unpaired) electrons. The number of hydrogen-bond acceptors (Lipinski definition) is 3. The number of benzene rings is 2. The number of aromatic nitrogens is 1.